The number of hydrogen-bond acceptors (Lipinski definition) is 4. The van der Waals surface area contributed by atoms with Gasteiger partial charge in [0.2, 0.25) is 10.0 Å². The lowest BCUT2D eigenvalue weighted by Gasteiger charge is -2.24. The van der Waals surface area contributed by atoms with E-state index in [2.05, 4.69) is 10.6 Å². The minimum atomic E-state index is -3.65. The van der Waals surface area contributed by atoms with Gasteiger partial charge in [-0.3, -0.25) is 0 Å². The van der Waals surface area contributed by atoms with Gasteiger partial charge >= 0.3 is 0 Å². The number of sulfonamides is 1. The predicted molar refractivity (Wildman–Crippen MR) is 76.7 cm³/mol. The molecule has 1 aliphatic heterocycles. The SMILES string of the molecule is Cc1ccc(NCC2CCCCN2)cc1S(N)(=O)=O. The van der Waals surface area contributed by atoms with Gasteiger partial charge in [0.15, 0.2) is 0 Å². The van der Waals surface area contributed by atoms with Crippen LogP contribution < -0.4 is 15.8 Å². The van der Waals surface area contributed by atoms with E-state index in [0.717, 1.165) is 25.2 Å². The Balaban J connectivity index is 2.04. The van der Waals surface area contributed by atoms with Crippen LogP contribution in [0.2, 0.25) is 0 Å². The molecule has 1 saturated heterocycles. The van der Waals surface area contributed by atoms with Gasteiger partial charge < -0.3 is 10.6 Å². The summed E-state index contributed by atoms with van der Waals surface area (Å²) in [7, 11) is -3.65. The van der Waals surface area contributed by atoms with Crippen LogP contribution in [0.3, 0.4) is 0 Å². The highest BCUT2D eigenvalue weighted by Gasteiger charge is 2.14. The van der Waals surface area contributed by atoms with E-state index < -0.39 is 10.0 Å². The minimum absolute atomic E-state index is 0.189. The fourth-order valence-corrected chi connectivity index (χ4v) is 3.16. The highest BCUT2D eigenvalue weighted by Crippen LogP contribution is 2.19. The predicted octanol–water partition coefficient (Wildman–Crippen LogP) is 1.20. The molecule has 5 nitrogen and oxygen atoms in total. The zero-order chi connectivity index (χ0) is 13.9. The Morgan fingerprint density at radius 1 is 1.42 bits per heavy atom. The van der Waals surface area contributed by atoms with Crippen molar-refractivity contribution in [2.75, 3.05) is 18.4 Å². The molecule has 106 valence electrons. The molecule has 0 aromatic heterocycles. The third kappa shape index (κ3) is 3.92. The van der Waals surface area contributed by atoms with Gasteiger partial charge in [0.1, 0.15) is 0 Å². The monoisotopic (exact) mass is 283 g/mol. The summed E-state index contributed by atoms with van der Waals surface area (Å²) in [4.78, 5) is 0.189. The Labute approximate surface area is 114 Å². The largest absolute Gasteiger partial charge is 0.383 e. The van der Waals surface area contributed by atoms with E-state index in [1.807, 2.05) is 6.07 Å². The molecule has 0 bridgehead atoms. The van der Waals surface area contributed by atoms with Gasteiger partial charge in [0, 0.05) is 18.3 Å². The van der Waals surface area contributed by atoms with Crippen LogP contribution in [0.25, 0.3) is 0 Å². The second-order valence-corrected chi connectivity index (χ2v) is 6.58. The lowest BCUT2D eigenvalue weighted by Crippen LogP contribution is -2.39. The molecule has 1 aromatic carbocycles. The summed E-state index contributed by atoms with van der Waals surface area (Å²) in [5, 5.41) is 11.9. The van der Waals surface area contributed by atoms with Crippen molar-refractivity contribution >= 4 is 15.7 Å². The molecule has 0 radical (unpaired) electrons. The van der Waals surface area contributed by atoms with Crippen molar-refractivity contribution in [3.63, 3.8) is 0 Å². The van der Waals surface area contributed by atoms with Crippen molar-refractivity contribution in [1.29, 1.82) is 0 Å². The number of primary sulfonamides is 1. The van der Waals surface area contributed by atoms with Gasteiger partial charge in [0.05, 0.1) is 4.90 Å². The van der Waals surface area contributed by atoms with Crippen LogP contribution in [0.4, 0.5) is 5.69 Å². The summed E-state index contributed by atoms with van der Waals surface area (Å²) in [5.41, 5.74) is 1.46. The van der Waals surface area contributed by atoms with Crippen LogP contribution in [-0.4, -0.2) is 27.5 Å². The molecule has 1 aliphatic rings. The molecule has 19 heavy (non-hydrogen) atoms. The van der Waals surface area contributed by atoms with Gasteiger partial charge in [-0.2, -0.15) is 0 Å². The number of benzene rings is 1. The summed E-state index contributed by atoms with van der Waals surface area (Å²) in [6, 6.07) is 5.71. The second-order valence-electron chi connectivity index (χ2n) is 5.05. The molecule has 0 spiro atoms. The first kappa shape index (κ1) is 14.3. The molecule has 2 rings (SSSR count). The molecule has 1 unspecified atom stereocenters. The fourth-order valence-electron chi connectivity index (χ4n) is 2.36. The molecule has 1 aromatic rings. The zero-order valence-corrected chi connectivity index (χ0v) is 12.0. The Kier molecular flexibility index (Phi) is 4.44. The number of anilines is 1. The molecule has 4 N–H and O–H groups in total. The number of aryl methyl sites for hydroxylation is 1. The molecule has 0 saturated carbocycles. The Hall–Kier alpha value is -1.11. The highest BCUT2D eigenvalue weighted by molar-refractivity contribution is 7.89. The summed E-state index contributed by atoms with van der Waals surface area (Å²) in [6.07, 6.45) is 3.63. The first-order valence-corrected chi connectivity index (χ1v) is 8.12. The molecular weight excluding hydrogens is 262 g/mol. The van der Waals surface area contributed by atoms with Crippen LogP contribution in [0, 0.1) is 6.92 Å². The van der Waals surface area contributed by atoms with E-state index >= 15 is 0 Å². The quantitative estimate of drug-likeness (QED) is 0.775. The van der Waals surface area contributed by atoms with Crippen molar-refractivity contribution in [3.05, 3.63) is 23.8 Å². The van der Waals surface area contributed by atoms with E-state index in [-0.39, 0.29) is 4.90 Å². The Morgan fingerprint density at radius 3 is 2.84 bits per heavy atom. The number of nitrogens with two attached hydrogens (primary N) is 1. The summed E-state index contributed by atoms with van der Waals surface area (Å²) in [6.45, 7) is 3.60. The van der Waals surface area contributed by atoms with Crippen molar-refractivity contribution < 1.29 is 8.42 Å². The minimum Gasteiger partial charge on any atom is -0.383 e. The lowest BCUT2D eigenvalue weighted by molar-refractivity contribution is 0.414. The fraction of sp³-hybridized carbons (Fsp3) is 0.538. The van der Waals surface area contributed by atoms with Crippen molar-refractivity contribution in [2.45, 2.75) is 37.1 Å². The van der Waals surface area contributed by atoms with Crippen LogP contribution in [0.5, 0.6) is 0 Å². The lowest BCUT2D eigenvalue weighted by atomic mass is 10.1. The van der Waals surface area contributed by atoms with Crippen molar-refractivity contribution in [2.24, 2.45) is 5.14 Å². The molecule has 0 amide bonds. The van der Waals surface area contributed by atoms with Gasteiger partial charge in [-0.25, -0.2) is 13.6 Å². The smallest absolute Gasteiger partial charge is 0.238 e. The average molecular weight is 283 g/mol. The first-order valence-electron chi connectivity index (χ1n) is 6.57. The molecule has 1 atom stereocenters. The summed E-state index contributed by atoms with van der Waals surface area (Å²) < 4.78 is 22.9. The molecule has 0 aliphatic carbocycles. The number of piperidine rings is 1. The Morgan fingerprint density at radius 2 is 2.21 bits per heavy atom. The molecule has 1 fully saturated rings. The van der Waals surface area contributed by atoms with Crippen molar-refractivity contribution in [1.82, 2.24) is 5.32 Å². The standard InChI is InChI=1S/C13H21N3O2S/c1-10-5-6-11(8-13(10)19(14,17)18)16-9-12-4-2-3-7-15-12/h5-6,8,12,15-16H,2-4,7,9H2,1H3,(H2,14,17,18). The van der Waals surface area contributed by atoms with Gasteiger partial charge in [-0.1, -0.05) is 12.5 Å². The first-order chi connectivity index (χ1) is 8.97. The van der Waals surface area contributed by atoms with E-state index in [1.165, 1.54) is 12.8 Å². The second kappa shape index (κ2) is 5.90. The maximum atomic E-state index is 11.4. The van der Waals surface area contributed by atoms with E-state index in [4.69, 9.17) is 5.14 Å². The van der Waals surface area contributed by atoms with E-state index in [0.29, 0.717) is 11.6 Å². The van der Waals surface area contributed by atoms with Gasteiger partial charge in [0.25, 0.3) is 0 Å². The zero-order valence-electron chi connectivity index (χ0n) is 11.1. The van der Waals surface area contributed by atoms with E-state index in [9.17, 15) is 8.42 Å². The molecule has 6 heteroatoms. The average Bonchev–Trinajstić information content (AvgIpc) is 2.37. The highest BCUT2D eigenvalue weighted by atomic mass is 32.2. The third-order valence-electron chi connectivity index (χ3n) is 3.46. The normalized spacial score (nSPS) is 20.2. The number of nitrogens with one attached hydrogen (secondary N) is 2. The van der Waals surface area contributed by atoms with Crippen LogP contribution in [0.1, 0.15) is 24.8 Å². The number of rotatable bonds is 4. The number of hydrogen-bond donors (Lipinski definition) is 3. The van der Waals surface area contributed by atoms with E-state index in [1.54, 1.807) is 19.1 Å². The van der Waals surface area contributed by atoms with Crippen LogP contribution in [-0.2, 0) is 10.0 Å². The molecule has 1 heterocycles. The third-order valence-corrected chi connectivity index (χ3v) is 4.51. The van der Waals surface area contributed by atoms with Crippen molar-refractivity contribution in [3.8, 4) is 0 Å². The summed E-state index contributed by atoms with van der Waals surface area (Å²) in [5.74, 6) is 0. The summed E-state index contributed by atoms with van der Waals surface area (Å²) >= 11 is 0. The van der Waals surface area contributed by atoms with Crippen LogP contribution in [0.15, 0.2) is 23.1 Å². The van der Waals surface area contributed by atoms with Gasteiger partial charge in [-0.05, 0) is 44.0 Å². The molecular formula is C13H21N3O2S. The Bertz CT molecular complexity index is 537. The maximum Gasteiger partial charge on any atom is 0.238 e. The van der Waals surface area contributed by atoms with Crippen LogP contribution >= 0.6 is 0 Å². The topological polar surface area (TPSA) is 84.2 Å². The van der Waals surface area contributed by atoms with Gasteiger partial charge in [-0.15, -0.1) is 0 Å². The maximum absolute atomic E-state index is 11.4.